The zero-order chi connectivity index (χ0) is 21.5. The molecule has 1 N–H and O–H groups in total. The normalized spacial score (nSPS) is 11.9. The van der Waals surface area contributed by atoms with Crippen molar-refractivity contribution in [2.24, 2.45) is 0 Å². The summed E-state index contributed by atoms with van der Waals surface area (Å²) in [4.78, 5) is 15.6. The first kappa shape index (κ1) is 20.1. The molecule has 30 heavy (non-hydrogen) atoms. The number of rotatable bonds is 6. The van der Waals surface area contributed by atoms with Gasteiger partial charge in [0.25, 0.3) is 10.0 Å². The summed E-state index contributed by atoms with van der Waals surface area (Å²) in [5, 5.41) is 10.5. The fourth-order valence-electron chi connectivity index (χ4n) is 3.53. The number of aromatic nitrogens is 2. The number of nitrogens with zero attached hydrogens (tertiary/aromatic N) is 2. The molecule has 0 aliphatic rings. The van der Waals surface area contributed by atoms with E-state index in [0.717, 1.165) is 11.1 Å². The summed E-state index contributed by atoms with van der Waals surface area (Å²) in [6, 6.07) is 13.3. The summed E-state index contributed by atoms with van der Waals surface area (Å²) in [7, 11) is -3.95. The van der Waals surface area contributed by atoms with E-state index in [1.54, 1.807) is 36.4 Å². The van der Waals surface area contributed by atoms with Gasteiger partial charge in [0, 0.05) is 17.4 Å². The second-order valence-corrected chi connectivity index (χ2v) is 8.71. The first-order valence-corrected chi connectivity index (χ1v) is 10.8. The number of carbonyl (C=O) groups is 1. The van der Waals surface area contributed by atoms with Crippen LogP contribution in [0.15, 0.2) is 59.6 Å². The standard InChI is InChI=1S/C22H20N2O5S/c1-3-29-13-15-5-4-6-19-21(15)17-11-18(22(25)26)23-12-20(17)24(19)30(27,28)16-9-7-14(2)8-10-16/h4-12H,3,13H2,1-2H3,(H,25,26). The summed E-state index contributed by atoms with van der Waals surface area (Å²) >= 11 is 0. The van der Waals surface area contributed by atoms with Gasteiger partial charge in [-0.05, 0) is 43.7 Å². The summed E-state index contributed by atoms with van der Waals surface area (Å²) in [6.45, 7) is 4.53. The van der Waals surface area contributed by atoms with E-state index in [-0.39, 0.29) is 17.2 Å². The first-order chi connectivity index (χ1) is 14.3. The average Bonchev–Trinajstić information content (AvgIpc) is 3.07. The highest BCUT2D eigenvalue weighted by molar-refractivity contribution is 7.90. The molecule has 0 unspecified atom stereocenters. The van der Waals surface area contributed by atoms with Gasteiger partial charge in [-0.25, -0.2) is 22.2 Å². The fraction of sp³-hybridized carbons (Fsp3) is 0.182. The molecule has 4 rings (SSSR count). The number of carboxylic acids is 1. The van der Waals surface area contributed by atoms with Crippen LogP contribution >= 0.6 is 0 Å². The molecule has 154 valence electrons. The van der Waals surface area contributed by atoms with Crippen molar-refractivity contribution in [1.82, 2.24) is 8.96 Å². The van der Waals surface area contributed by atoms with E-state index in [9.17, 15) is 18.3 Å². The molecule has 4 aromatic rings. The van der Waals surface area contributed by atoms with E-state index in [1.807, 2.05) is 19.9 Å². The van der Waals surface area contributed by atoms with E-state index < -0.39 is 16.0 Å². The van der Waals surface area contributed by atoms with Crippen molar-refractivity contribution in [2.75, 3.05) is 6.61 Å². The van der Waals surface area contributed by atoms with Crippen LogP contribution in [-0.2, 0) is 21.4 Å². The van der Waals surface area contributed by atoms with Gasteiger partial charge in [0.05, 0.1) is 28.7 Å². The van der Waals surface area contributed by atoms with Crippen molar-refractivity contribution in [2.45, 2.75) is 25.3 Å². The van der Waals surface area contributed by atoms with Crippen molar-refractivity contribution < 1.29 is 23.1 Å². The number of carboxylic acid groups (broad SMARTS) is 1. The lowest BCUT2D eigenvalue weighted by Gasteiger charge is -2.10. The van der Waals surface area contributed by atoms with E-state index in [4.69, 9.17) is 4.74 Å². The maximum atomic E-state index is 13.6. The highest BCUT2D eigenvalue weighted by Crippen LogP contribution is 2.35. The minimum absolute atomic E-state index is 0.143. The predicted molar refractivity (Wildman–Crippen MR) is 113 cm³/mol. The first-order valence-electron chi connectivity index (χ1n) is 9.40. The number of fused-ring (bicyclic) bond motifs is 3. The van der Waals surface area contributed by atoms with Crippen LogP contribution in [0.25, 0.3) is 21.8 Å². The summed E-state index contributed by atoms with van der Waals surface area (Å²) in [6.07, 6.45) is 1.30. The summed E-state index contributed by atoms with van der Waals surface area (Å²) in [5.41, 5.74) is 2.34. The van der Waals surface area contributed by atoms with Gasteiger partial charge in [0.1, 0.15) is 5.69 Å². The van der Waals surface area contributed by atoms with E-state index >= 15 is 0 Å². The fourth-order valence-corrected chi connectivity index (χ4v) is 5.04. The number of aryl methyl sites for hydroxylation is 1. The average molecular weight is 424 g/mol. The van der Waals surface area contributed by atoms with Crippen LogP contribution in [0.5, 0.6) is 0 Å². The van der Waals surface area contributed by atoms with Crippen LogP contribution in [0.2, 0.25) is 0 Å². The van der Waals surface area contributed by atoms with Gasteiger partial charge >= 0.3 is 5.97 Å². The molecule has 0 aliphatic heterocycles. The molecule has 0 amide bonds. The molecule has 7 nitrogen and oxygen atoms in total. The zero-order valence-electron chi connectivity index (χ0n) is 16.5. The molecular formula is C22H20N2O5S. The molecular weight excluding hydrogens is 404 g/mol. The predicted octanol–water partition coefficient (Wildman–Crippen LogP) is 3.97. The number of aromatic carboxylic acids is 1. The molecule has 0 bridgehead atoms. The van der Waals surface area contributed by atoms with Gasteiger partial charge in [-0.15, -0.1) is 0 Å². The Balaban J connectivity index is 2.10. The Morgan fingerprint density at radius 3 is 2.53 bits per heavy atom. The number of hydrogen-bond acceptors (Lipinski definition) is 5. The lowest BCUT2D eigenvalue weighted by atomic mass is 10.1. The van der Waals surface area contributed by atoms with E-state index in [0.29, 0.717) is 28.4 Å². The lowest BCUT2D eigenvalue weighted by Crippen LogP contribution is -2.13. The van der Waals surface area contributed by atoms with Crippen LogP contribution < -0.4 is 0 Å². The minimum atomic E-state index is -3.95. The molecule has 2 aromatic carbocycles. The quantitative estimate of drug-likeness (QED) is 0.503. The Bertz CT molecular complexity index is 1370. The molecule has 0 spiro atoms. The second-order valence-electron chi connectivity index (χ2n) is 6.92. The van der Waals surface area contributed by atoms with Crippen LogP contribution in [0.3, 0.4) is 0 Å². The molecule has 2 aromatic heterocycles. The molecule has 0 saturated carbocycles. The minimum Gasteiger partial charge on any atom is -0.477 e. The third-order valence-electron chi connectivity index (χ3n) is 4.96. The third-order valence-corrected chi connectivity index (χ3v) is 6.70. The maximum Gasteiger partial charge on any atom is 0.354 e. The smallest absolute Gasteiger partial charge is 0.354 e. The number of pyridine rings is 1. The summed E-state index contributed by atoms with van der Waals surface area (Å²) in [5.74, 6) is -1.18. The van der Waals surface area contributed by atoms with Crippen LogP contribution in [0.4, 0.5) is 0 Å². The van der Waals surface area contributed by atoms with E-state index in [2.05, 4.69) is 4.98 Å². The number of hydrogen-bond donors (Lipinski definition) is 1. The summed E-state index contributed by atoms with van der Waals surface area (Å²) < 4.78 is 33.9. The Labute approximate surface area is 173 Å². The van der Waals surface area contributed by atoms with Gasteiger partial charge in [0.15, 0.2) is 0 Å². The molecule has 0 aliphatic carbocycles. The highest BCUT2D eigenvalue weighted by atomic mass is 32.2. The van der Waals surface area contributed by atoms with Gasteiger partial charge in [0.2, 0.25) is 0 Å². The highest BCUT2D eigenvalue weighted by Gasteiger charge is 2.25. The van der Waals surface area contributed by atoms with Gasteiger partial charge in [-0.1, -0.05) is 29.8 Å². The SMILES string of the molecule is CCOCc1cccc2c1c1cc(C(=O)O)ncc1n2S(=O)(=O)c1ccc(C)cc1. The van der Waals surface area contributed by atoms with Gasteiger partial charge in [-0.2, -0.15) is 0 Å². The van der Waals surface area contributed by atoms with Crippen LogP contribution in [-0.4, -0.2) is 35.1 Å². The van der Waals surface area contributed by atoms with Crippen molar-refractivity contribution in [3.05, 3.63) is 71.5 Å². The lowest BCUT2D eigenvalue weighted by molar-refractivity contribution is 0.0690. The molecule has 0 radical (unpaired) electrons. The van der Waals surface area contributed by atoms with Crippen molar-refractivity contribution in [3.8, 4) is 0 Å². The molecule has 8 heteroatoms. The second kappa shape index (κ2) is 7.55. The topological polar surface area (TPSA) is 98.5 Å². The Morgan fingerprint density at radius 1 is 1.13 bits per heavy atom. The van der Waals surface area contributed by atoms with Gasteiger partial charge < -0.3 is 9.84 Å². The monoisotopic (exact) mass is 424 g/mol. The van der Waals surface area contributed by atoms with Gasteiger partial charge in [-0.3, -0.25) is 0 Å². The Hall–Kier alpha value is -3.23. The Kier molecular flexibility index (Phi) is 5.05. The largest absolute Gasteiger partial charge is 0.477 e. The third kappa shape index (κ3) is 3.24. The molecule has 0 saturated heterocycles. The molecule has 0 atom stereocenters. The van der Waals surface area contributed by atoms with Crippen molar-refractivity contribution in [3.63, 3.8) is 0 Å². The van der Waals surface area contributed by atoms with Crippen LogP contribution in [0, 0.1) is 6.92 Å². The Morgan fingerprint density at radius 2 is 1.87 bits per heavy atom. The van der Waals surface area contributed by atoms with Crippen LogP contribution in [0.1, 0.15) is 28.5 Å². The number of benzene rings is 2. The zero-order valence-corrected chi connectivity index (χ0v) is 17.3. The molecule has 0 fully saturated rings. The van der Waals surface area contributed by atoms with Crippen molar-refractivity contribution in [1.29, 1.82) is 0 Å². The van der Waals surface area contributed by atoms with Crippen molar-refractivity contribution >= 4 is 37.8 Å². The number of ether oxygens (including phenoxy) is 1. The molecule has 2 heterocycles. The maximum absolute atomic E-state index is 13.6. The van der Waals surface area contributed by atoms with E-state index in [1.165, 1.54) is 16.2 Å².